The minimum absolute atomic E-state index is 0.0400. The van der Waals surface area contributed by atoms with Crippen molar-refractivity contribution in [3.63, 3.8) is 0 Å². The summed E-state index contributed by atoms with van der Waals surface area (Å²) in [6.07, 6.45) is 3.41. The van der Waals surface area contributed by atoms with Gasteiger partial charge in [-0.05, 0) is 31.0 Å². The third kappa shape index (κ3) is 2.78. The van der Waals surface area contributed by atoms with Gasteiger partial charge in [-0.15, -0.1) is 0 Å². The molecule has 0 unspecified atom stereocenters. The molecule has 1 aliphatic carbocycles. The summed E-state index contributed by atoms with van der Waals surface area (Å²) in [7, 11) is 0. The first kappa shape index (κ1) is 15.2. The van der Waals surface area contributed by atoms with Crippen molar-refractivity contribution >= 4 is 23.2 Å². The molecule has 0 atom stereocenters. The first-order valence-electron chi connectivity index (χ1n) is 7.86. The van der Waals surface area contributed by atoms with Crippen molar-refractivity contribution in [3.05, 3.63) is 29.3 Å². The van der Waals surface area contributed by atoms with Crippen LogP contribution in [0.1, 0.15) is 25.7 Å². The fourth-order valence-electron chi connectivity index (χ4n) is 3.50. The van der Waals surface area contributed by atoms with Crippen LogP contribution in [0.2, 0.25) is 5.02 Å². The minimum atomic E-state index is -0.752. The molecule has 5 heteroatoms. The van der Waals surface area contributed by atoms with Gasteiger partial charge in [-0.3, -0.25) is 4.79 Å². The number of nitrogens with zero attached hydrogens (tertiary/aromatic N) is 3. The van der Waals surface area contributed by atoms with Gasteiger partial charge in [0.2, 0.25) is 5.91 Å². The highest BCUT2D eigenvalue weighted by Gasteiger charge is 2.44. The molecule has 1 saturated carbocycles. The van der Waals surface area contributed by atoms with E-state index in [0.29, 0.717) is 13.1 Å². The molecule has 0 bridgehead atoms. The zero-order valence-corrected chi connectivity index (χ0v) is 13.4. The van der Waals surface area contributed by atoms with Crippen molar-refractivity contribution in [2.45, 2.75) is 25.7 Å². The van der Waals surface area contributed by atoms with E-state index in [1.54, 1.807) is 0 Å². The Morgan fingerprint density at radius 2 is 1.86 bits per heavy atom. The Labute approximate surface area is 136 Å². The fraction of sp³-hybridized carbons (Fsp3) is 0.529. The molecule has 1 aromatic rings. The van der Waals surface area contributed by atoms with E-state index in [2.05, 4.69) is 11.0 Å². The number of hydrogen-bond acceptors (Lipinski definition) is 3. The second-order valence-electron chi connectivity index (χ2n) is 6.16. The molecule has 0 aromatic heterocycles. The summed E-state index contributed by atoms with van der Waals surface area (Å²) in [5, 5.41) is 10.2. The van der Waals surface area contributed by atoms with Crippen LogP contribution in [-0.4, -0.2) is 37.0 Å². The first-order chi connectivity index (χ1) is 10.6. The molecular formula is C17H20ClN3O. The predicted octanol–water partition coefficient (Wildman–Crippen LogP) is 3.07. The molecule has 0 N–H and O–H groups in total. The van der Waals surface area contributed by atoms with Gasteiger partial charge < -0.3 is 9.80 Å². The Balaban J connectivity index is 1.64. The van der Waals surface area contributed by atoms with Crippen molar-refractivity contribution in [3.8, 4) is 6.07 Å². The van der Waals surface area contributed by atoms with Gasteiger partial charge in [0.1, 0.15) is 5.41 Å². The lowest BCUT2D eigenvalue weighted by Crippen LogP contribution is -2.52. The molecule has 3 rings (SSSR count). The molecule has 1 aliphatic heterocycles. The van der Waals surface area contributed by atoms with Gasteiger partial charge in [-0.25, -0.2) is 0 Å². The molecule has 4 nitrogen and oxygen atoms in total. The number of nitriles is 1. The van der Waals surface area contributed by atoms with E-state index in [0.717, 1.165) is 49.5 Å². The highest BCUT2D eigenvalue weighted by atomic mass is 35.5. The van der Waals surface area contributed by atoms with Crippen molar-refractivity contribution in [1.29, 1.82) is 5.26 Å². The van der Waals surface area contributed by atoms with Crippen LogP contribution in [0.15, 0.2) is 24.3 Å². The maximum absolute atomic E-state index is 12.7. The Morgan fingerprint density at radius 3 is 2.45 bits per heavy atom. The molecule has 2 aliphatic rings. The van der Waals surface area contributed by atoms with Crippen LogP contribution >= 0.6 is 11.6 Å². The number of halogens is 1. The average Bonchev–Trinajstić information content (AvgIpc) is 3.04. The standard InChI is InChI=1S/C17H20ClN3O/c18-14-4-3-5-15(12-14)20-8-10-21(11-9-20)16(22)17(13-19)6-1-2-7-17/h3-5,12H,1-2,6-11H2. The number of amides is 1. The highest BCUT2D eigenvalue weighted by molar-refractivity contribution is 6.30. The Kier molecular flexibility index (Phi) is 4.26. The second-order valence-corrected chi connectivity index (χ2v) is 6.60. The molecule has 1 aromatic carbocycles. The average molecular weight is 318 g/mol. The quantitative estimate of drug-likeness (QED) is 0.842. The number of anilines is 1. The number of piperazine rings is 1. The summed E-state index contributed by atoms with van der Waals surface area (Å²) in [6.45, 7) is 2.92. The smallest absolute Gasteiger partial charge is 0.243 e. The Bertz CT molecular complexity index is 596. The first-order valence-corrected chi connectivity index (χ1v) is 8.24. The SMILES string of the molecule is N#CC1(C(=O)N2CCN(c3cccc(Cl)c3)CC2)CCCC1. The summed E-state index contributed by atoms with van der Waals surface area (Å²) < 4.78 is 0. The van der Waals surface area contributed by atoms with E-state index in [4.69, 9.17) is 11.6 Å². The summed E-state index contributed by atoms with van der Waals surface area (Å²) in [5.74, 6) is 0.0400. The van der Waals surface area contributed by atoms with Crippen LogP contribution < -0.4 is 4.90 Å². The zero-order chi connectivity index (χ0) is 15.6. The normalized spacial score (nSPS) is 20.7. The summed E-state index contributed by atoms with van der Waals surface area (Å²) in [6, 6.07) is 10.1. The van der Waals surface area contributed by atoms with Crippen molar-refractivity contribution in [2.75, 3.05) is 31.1 Å². The van der Waals surface area contributed by atoms with Gasteiger partial charge in [0.25, 0.3) is 0 Å². The van der Waals surface area contributed by atoms with Crippen LogP contribution in [0.4, 0.5) is 5.69 Å². The summed E-state index contributed by atoms with van der Waals surface area (Å²) >= 11 is 6.04. The molecule has 1 heterocycles. The fourth-order valence-corrected chi connectivity index (χ4v) is 3.68. The summed E-state index contributed by atoms with van der Waals surface area (Å²) in [4.78, 5) is 16.8. The lowest BCUT2D eigenvalue weighted by atomic mass is 9.86. The van der Waals surface area contributed by atoms with E-state index in [-0.39, 0.29) is 5.91 Å². The molecule has 0 radical (unpaired) electrons. The minimum Gasteiger partial charge on any atom is -0.368 e. The zero-order valence-electron chi connectivity index (χ0n) is 12.6. The molecular weight excluding hydrogens is 298 g/mol. The van der Waals surface area contributed by atoms with Crippen LogP contribution in [-0.2, 0) is 4.79 Å². The topological polar surface area (TPSA) is 47.3 Å². The van der Waals surface area contributed by atoms with Crippen LogP contribution in [0.3, 0.4) is 0 Å². The predicted molar refractivity (Wildman–Crippen MR) is 86.8 cm³/mol. The number of carbonyl (C=O) groups excluding carboxylic acids is 1. The van der Waals surface area contributed by atoms with Gasteiger partial charge in [0.15, 0.2) is 0 Å². The van der Waals surface area contributed by atoms with Crippen molar-refractivity contribution in [2.24, 2.45) is 5.41 Å². The largest absolute Gasteiger partial charge is 0.368 e. The van der Waals surface area contributed by atoms with Gasteiger partial charge in [-0.2, -0.15) is 5.26 Å². The molecule has 1 amide bonds. The van der Waals surface area contributed by atoms with Crippen LogP contribution in [0, 0.1) is 16.7 Å². The van der Waals surface area contributed by atoms with Crippen molar-refractivity contribution < 1.29 is 4.79 Å². The number of rotatable bonds is 2. The summed E-state index contributed by atoms with van der Waals surface area (Å²) in [5.41, 5.74) is 0.341. The van der Waals surface area contributed by atoms with Crippen molar-refractivity contribution in [1.82, 2.24) is 4.90 Å². The van der Waals surface area contributed by atoms with E-state index < -0.39 is 5.41 Å². The maximum Gasteiger partial charge on any atom is 0.243 e. The number of hydrogen-bond donors (Lipinski definition) is 0. The van der Waals surface area contributed by atoms with Gasteiger partial charge in [0, 0.05) is 36.9 Å². The lowest BCUT2D eigenvalue weighted by Gasteiger charge is -2.38. The van der Waals surface area contributed by atoms with E-state index in [1.165, 1.54) is 0 Å². The Hall–Kier alpha value is -1.73. The monoisotopic (exact) mass is 317 g/mol. The third-order valence-electron chi connectivity index (χ3n) is 4.82. The van der Waals surface area contributed by atoms with Crippen LogP contribution in [0.25, 0.3) is 0 Å². The number of benzene rings is 1. The Morgan fingerprint density at radius 1 is 1.18 bits per heavy atom. The van der Waals surface area contributed by atoms with E-state index >= 15 is 0 Å². The second kappa shape index (κ2) is 6.18. The maximum atomic E-state index is 12.7. The molecule has 22 heavy (non-hydrogen) atoms. The highest BCUT2D eigenvalue weighted by Crippen LogP contribution is 2.39. The molecule has 1 saturated heterocycles. The van der Waals surface area contributed by atoms with Gasteiger partial charge in [-0.1, -0.05) is 30.5 Å². The lowest BCUT2D eigenvalue weighted by molar-refractivity contribution is -0.139. The van der Waals surface area contributed by atoms with Gasteiger partial charge >= 0.3 is 0 Å². The molecule has 2 fully saturated rings. The molecule has 0 spiro atoms. The number of carbonyl (C=O) groups is 1. The molecule has 116 valence electrons. The van der Waals surface area contributed by atoms with Crippen LogP contribution in [0.5, 0.6) is 0 Å². The van der Waals surface area contributed by atoms with E-state index in [9.17, 15) is 10.1 Å². The third-order valence-corrected chi connectivity index (χ3v) is 5.06. The van der Waals surface area contributed by atoms with Gasteiger partial charge in [0.05, 0.1) is 6.07 Å². The van der Waals surface area contributed by atoms with E-state index in [1.807, 2.05) is 29.2 Å².